The van der Waals surface area contributed by atoms with Gasteiger partial charge in [-0.3, -0.25) is 33.2 Å². The summed E-state index contributed by atoms with van der Waals surface area (Å²) in [7, 11) is -1.00. The number of aryl methyl sites for hydroxylation is 1. The third-order valence-corrected chi connectivity index (χ3v) is 11.0. The number of aliphatic hydroxyl groups excluding tert-OH is 1. The fourth-order valence-corrected chi connectivity index (χ4v) is 6.50. The first-order valence-electron chi connectivity index (χ1n) is 22.3. The highest BCUT2D eigenvalue weighted by Crippen LogP contribution is 2.16. The van der Waals surface area contributed by atoms with E-state index < -0.39 is 31.3 Å². The Labute approximate surface area is 391 Å². The van der Waals surface area contributed by atoms with E-state index in [0.717, 1.165) is 23.1 Å². The summed E-state index contributed by atoms with van der Waals surface area (Å²) in [5.74, 6) is -2.00. The highest BCUT2D eigenvalue weighted by Gasteiger charge is 2.37. The fourth-order valence-electron chi connectivity index (χ4n) is 6.43. The van der Waals surface area contributed by atoms with E-state index in [1.165, 1.54) is 12.5 Å². The second-order valence-electron chi connectivity index (χ2n) is 16.1. The fraction of sp³-hybridized carbons (Fsp3) is 0.412. The zero-order valence-electron chi connectivity index (χ0n) is 39.3. The van der Waals surface area contributed by atoms with Gasteiger partial charge in [-0.2, -0.15) is 0 Å². The number of hydrogen-bond acceptors (Lipinski definition) is 8. The Morgan fingerprint density at radius 1 is 0.677 bits per heavy atom. The molecule has 354 valence electrons. The number of amides is 3. The summed E-state index contributed by atoms with van der Waals surface area (Å²) in [6.45, 7) is 10.8. The molecule has 1 aliphatic heterocycles. The highest BCUT2D eigenvalue weighted by atomic mass is 32.1. The van der Waals surface area contributed by atoms with Gasteiger partial charge in [-0.25, -0.2) is 0 Å². The molecule has 12 nitrogen and oxygen atoms in total. The lowest BCUT2D eigenvalue weighted by Gasteiger charge is -2.22. The third kappa shape index (κ3) is 22.8. The number of nitrogens with one attached hydrogen (secondary N) is 4. The molecule has 0 spiro atoms. The number of aliphatic hydroxyl groups is 1. The van der Waals surface area contributed by atoms with Crippen LogP contribution in [-0.4, -0.2) is 82.4 Å². The number of carbonyl (C=O) groups excluding carboxylic acids is 6. The zero-order chi connectivity index (χ0) is 48.3. The van der Waals surface area contributed by atoms with Crippen LogP contribution in [0.2, 0.25) is 0 Å². The first-order valence-corrected chi connectivity index (χ1v) is 22.0. The number of thiol groups is 1. The van der Waals surface area contributed by atoms with Gasteiger partial charge in [0.2, 0.25) is 22.8 Å². The molecule has 7 N–H and O–H groups in total. The van der Waals surface area contributed by atoms with Crippen molar-refractivity contribution in [2.45, 2.75) is 110 Å². The number of Topliss-reactive ketones (excluding diaryl/α,β-unsaturated/α-hetero) is 2. The summed E-state index contributed by atoms with van der Waals surface area (Å²) >= 11 is 3.68. The molecule has 3 amide bonds. The maximum absolute atomic E-state index is 12.6. The normalized spacial score (nSPS) is 16.2. The van der Waals surface area contributed by atoms with Crippen molar-refractivity contribution in [1.82, 2.24) is 21.3 Å². The Hall–Kier alpha value is -5.54. The summed E-state index contributed by atoms with van der Waals surface area (Å²) in [6, 6.07) is 38.3. The third-order valence-electron chi connectivity index (χ3n) is 10.6. The van der Waals surface area contributed by atoms with Crippen molar-refractivity contribution in [3.63, 3.8) is 0 Å². The van der Waals surface area contributed by atoms with Gasteiger partial charge in [0, 0.05) is 37.3 Å². The molecule has 14 heteroatoms. The van der Waals surface area contributed by atoms with E-state index in [1.54, 1.807) is 13.8 Å². The van der Waals surface area contributed by atoms with Crippen LogP contribution < -0.4 is 21.3 Å². The van der Waals surface area contributed by atoms with E-state index in [-0.39, 0.29) is 58.4 Å². The SMILES string of the molecule is C[C@@H](Cc1ccccc1)C(=O)N[C@H](C)C(=O)CC(C(=O)NCc1ccccc1)[C@@H](C)O.C[C@@H](Cc1ccccc1)C(=O)N[C@H](C)C(=O)S.C[C@@H]1N[C@@H]1C(=O)CCc1ccccc1.O.[2H]CF. The molecule has 0 bridgehead atoms. The van der Waals surface area contributed by atoms with Crippen LogP contribution in [0.25, 0.3) is 0 Å². The Kier molecular flexibility index (Phi) is 26.8. The van der Waals surface area contributed by atoms with Crippen molar-refractivity contribution in [3.8, 4) is 0 Å². The maximum Gasteiger partial charge on any atom is 0.226 e. The van der Waals surface area contributed by atoms with E-state index in [1.807, 2.05) is 130 Å². The minimum atomic E-state index is -1.00. The second-order valence-corrected chi connectivity index (χ2v) is 16.5. The van der Waals surface area contributed by atoms with E-state index in [2.05, 4.69) is 46.0 Å². The second kappa shape index (κ2) is 31.4. The molecular weight excluding hydrogens is 848 g/mol. The Bertz CT molecular complexity index is 2040. The Morgan fingerprint density at radius 3 is 1.45 bits per heavy atom. The molecule has 0 saturated carbocycles. The van der Waals surface area contributed by atoms with Crippen LogP contribution in [0, 0.1) is 17.8 Å². The summed E-state index contributed by atoms with van der Waals surface area (Å²) in [5.41, 5.74) is 4.34. The number of rotatable bonds is 20. The van der Waals surface area contributed by atoms with Crippen LogP contribution >= 0.6 is 12.6 Å². The van der Waals surface area contributed by atoms with Crippen molar-refractivity contribution < 1.29 is 45.1 Å². The summed E-state index contributed by atoms with van der Waals surface area (Å²) in [4.78, 5) is 71.9. The van der Waals surface area contributed by atoms with Crippen LogP contribution in [-0.2, 0) is 54.6 Å². The van der Waals surface area contributed by atoms with Gasteiger partial charge in [0.05, 0.1) is 38.7 Å². The molecule has 0 radical (unpaired) electrons. The molecule has 65 heavy (non-hydrogen) atoms. The number of ketones is 2. The number of benzene rings is 4. The molecule has 0 aromatic heterocycles. The molecule has 1 fully saturated rings. The first kappa shape index (κ1) is 55.6. The van der Waals surface area contributed by atoms with E-state index >= 15 is 0 Å². The van der Waals surface area contributed by atoms with Crippen LogP contribution in [0.5, 0.6) is 0 Å². The smallest absolute Gasteiger partial charge is 0.226 e. The minimum Gasteiger partial charge on any atom is -0.412 e. The van der Waals surface area contributed by atoms with E-state index in [4.69, 9.17) is 1.37 Å². The van der Waals surface area contributed by atoms with Gasteiger partial charge < -0.3 is 31.8 Å². The van der Waals surface area contributed by atoms with Gasteiger partial charge in [-0.1, -0.05) is 135 Å². The Morgan fingerprint density at radius 2 is 1.06 bits per heavy atom. The first-order chi connectivity index (χ1) is 31.0. The molecule has 1 aliphatic rings. The van der Waals surface area contributed by atoms with Gasteiger partial charge >= 0.3 is 0 Å². The van der Waals surface area contributed by atoms with Gasteiger partial charge in [0.15, 0.2) is 11.6 Å². The van der Waals surface area contributed by atoms with Gasteiger partial charge in [-0.05, 0) is 69.2 Å². The van der Waals surface area contributed by atoms with E-state index in [9.17, 15) is 38.3 Å². The van der Waals surface area contributed by atoms with E-state index in [0.29, 0.717) is 37.6 Å². The molecule has 4 aromatic carbocycles. The van der Waals surface area contributed by atoms with Gasteiger partial charge in [-0.15, -0.1) is 12.6 Å². The lowest BCUT2D eigenvalue weighted by Crippen LogP contribution is -2.44. The lowest BCUT2D eigenvalue weighted by atomic mass is 9.93. The summed E-state index contributed by atoms with van der Waals surface area (Å²) in [5, 5.41) is 21.0. The Balaban J connectivity index is 0.000000522. The highest BCUT2D eigenvalue weighted by molar-refractivity contribution is 7.96. The van der Waals surface area contributed by atoms with Gasteiger partial charge in [0.25, 0.3) is 0 Å². The standard InChI is InChI=1S/C25H32N2O4.C13H17NO2S.C12H15NO.CH3F.H2O/c1-17(14-20-10-6-4-7-11-20)24(30)27-18(2)23(29)15-22(19(3)28)25(31)26-16-21-12-8-5-9-13-21;1-9(8-11-6-4-3-5-7-11)12(15)14-10(2)13(16)17;1-9-12(13-9)11(14)8-7-10-5-3-2-4-6-10;1-2;/h4-13,17-19,22,28H,14-16H2,1-3H3,(H,26,31)(H,27,30);3-7,9-10H,8H2,1-2H3,(H,14,15)(H,16,17);2-6,9,12-13H,7-8H2,1H3;1H3;1H2/t17-,18+,19+,22?;9-,10+;9-,12-;;/m000../s1/i;;;1D;. The number of alkyl halides is 1. The zero-order valence-corrected chi connectivity index (χ0v) is 39.2. The average Bonchev–Trinajstić information content (AvgIpc) is 4.04. The number of halogens is 1. The molecule has 5 rings (SSSR count). The molecule has 1 unspecified atom stereocenters. The molecular formula is C51H69FN4O8S. The molecule has 4 aromatic rings. The average molecular weight is 918 g/mol. The molecule has 1 heterocycles. The predicted octanol–water partition coefficient (Wildman–Crippen LogP) is 5.78. The summed E-state index contributed by atoms with van der Waals surface area (Å²) in [6.07, 6.45) is 1.63. The van der Waals surface area contributed by atoms with Crippen molar-refractivity contribution >= 4 is 47.0 Å². The predicted molar refractivity (Wildman–Crippen MR) is 258 cm³/mol. The summed E-state index contributed by atoms with van der Waals surface area (Å²) < 4.78 is 15.5. The van der Waals surface area contributed by atoms with Crippen molar-refractivity contribution in [1.29, 1.82) is 0 Å². The van der Waals surface area contributed by atoms with Crippen LogP contribution in [0.15, 0.2) is 121 Å². The number of carbonyl (C=O) groups is 6. The van der Waals surface area contributed by atoms with Crippen molar-refractivity contribution in [2.75, 3.05) is 7.15 Å². The van der Waals surface area contributed by atoms with Crippen molar-refractivity contribution in [3.05, 3.63) is 144 Å². The molecule has 1 saturated heterocycles. The van der Waals surface area contributed by atoms with Crippen LogP contribution in [0.1, 0.15) is 78.0 Å². The molecule has 8 atom stereocenters. The molecule has 0 aliphatic carbocycles. The monoisotopic (exact) mass is 917 g/mol. The van der Waals surface area contributed by atoms with Crippen LogP contribution in [0.3, 0.4) is 0 Å². The number of hydrogen-bond donors (Lipinski definition) is 6. The minimum absolute atomic E-state index is 0. The lowest BCUT2D eigenvalue weighted by molar-refractivity contribution is -0.134. The largest absolute Gasteiger partial charge is 0.412 e. The quantitative estimate of drug-likeness (QED) is 0.0472. The van der Waals surface area contributed by atoms with Gasteiger partial charge in [0.1, 0.15) is 0 Å². The topological polar surface area (TPSA) is 212 Å². The van der Waals surface area contributed by atoms with Crippen molar-refractivity contribution in [2.24, 2.45) is 17.8 Å². The van der Waals surface area contributed by atoms with Crippen LogP contribution in [0.4, 0.5) is 4.39 Å². The maximum atomic E-state index is 12.6.